The van der Waals surface area contributed by atoms with Gasteiger partial charge in [0.25, 0.3) is 0 Å². The average molecular weight is 887 g/mol. The van der Waals surface area contributed by atoms with E-state index >= 15 is 43.9 Å². The molecule has 4 nitrogen and oxygen atoms in total. The van der Waals surface area contributed by atoms with E-state index < -0.39 is 161 Å². The highest BCUT2D eigenvalue weighted by Crippen LogP contribution is 2.43. The molecule has 318 valence electrons. The minimum Gasteiger partial charge on any atom is -0.353 e. The minimum atomic E-state index is -2.60. The fraction of sp³-hybridized carbons (Fsp3) is 0.0227. The van der Waals surface area contributed by atoms with E-state index in [-0.39, 0.29) is 16.6 Å². The van der Waals surface area contributed by atoms with Crippen LogP contribution in [0.4, 0.5) is 65.9 Å². The predicted molar refractivity (Wildman–Crippen MR) is 200 cm³/mol. The van der Waals surface area contributed by atoms with Gasteiger partial charge in [-0.05, 0) is 54.1 Å². The predicted octanol–water partition coefficient (Wildman–Crippen LogP) is 13.3. The Balaban J connectivity index is 1.60. The van der Waals surface area contributed by atoms with Crippen molar-refractivity contribution in [2.75, 3.05) is 0 Å². The molecule has 4 aromatic heterocycles. The third-order valence-corrected chi connectivity index (χ3v) is 10.4. The van der Waals surface area contributed by atoms with Crippen LogP contribution in [0.15, 0.2) is 66.7 Å². The number of aromatic amines is 2. The number of halogens is 15. The molecule has 0 saturated heterocycles. The first kappa shape index (κ1) is 40.9. The third kappa shape index (κ3) is 6.15. The van der Waals surface area contributed by atoms with Crippen LogP contribution in [-0.2, 0) is 6.54 Å². The van der Waals surface area contributed by atoms with Crippen molar-refractivity contribution < 1.29 is 65.9 Å². The Labute approximate surface area is 341 Å². The molecule has 0 aliphatic carbocycles. The Morgan fingerprint density at radius 3 is 1.11 bits per heavy atom. The van der Waals surface area contributed by atoms with Crippen LogP contribution in [0.2, 0.25) is 0 Å². The molecule has 0 fully saturated rings. The highest BCUT2D eigenvalue weighted by Gasteiger charge is 2.34. The van der Waals surface area contributed by atoms with Gasteiger partial charge in [0.05, 0.1) is 50.1 Å². The van der Waals surface area contributed by atoms with Crippen LogP contribution in [0.3, 0.4) is 0 Å². The maximum atomic E-state index is 16.1. The summed E-state index contributed by atoms with van der Waals surface area (Å²) in [6.45, 7) is -0.543. The van der Waals surface area contributed by atoms with Crippen molar-refractivity contribution in [3.05, 3.63) is 171 Å². The lowest BCUT2D eigenvalue weighted by Crippen LogP contribution is -2.08. The number of nitrogens with one attached hydrogen (secondary N) is 2. The zero-order valence-electron chi connectivity index (χ0n) is 30.8. The van der Waals surface area contributed by atoms with Gasteiger partial charge in [0.1, 0.15) is 0 Å². The topological polar surface area (TPSA) is 49.4 Å². The lowest BCUT2D eigenvalue weighted by atomic mass is 10.0. The summed E-state index contributed by atoms with van der Waals surface area (Å²) in [4.78, 5) is 9.63. The smallest absolute Gasteiger partial charge is 0.200 e. The maximum Gasteiger partial charge on any atom is 0.200 e. The molecule has 8 bridgehead atoms. The Hall–Kier alpha value is -7.44. The SMILES string of the molecule is Fc1c(F)c(F)c(-c2c3nc(c(-c4c(F)c(F)c(F)c(F)c4F)c4ccc(c(-c5c(F)c(F)c(F)c(F)c5F)c5ccc([nH]5)c5ccc2[nH]5)n4Cc2ccccc2)C=C3)c(F)c1F. The van der Waals surface area contributed by atoms with Crippen LogP contribution in [0.5, 0.6) is 0 Å². The first-order chi connectivity index (χ1) is 30.0. The van der Waals surface area contributed by atoms with Gasteiger partial charge < -0.3 is 14.5 Å². The molecule has 0 saturated carbocycles. The Kier molecular flexibility index (Phi) is 9.67. The number of hydrogen-bond acceptors (Lipinski definition) is 1. The van der Waals surface area contributed by atoms with Crippen LogP contribution >= 0.6 is 0 Å². The second kappa shape index (κ2) is 14.9. The fourth-order valence-electron chi connectivity index (χ4n) is 7.54. The quantitative estimate of drug-likeness (QED) is 0.101. The van der Waals surface area contributed by atoms with Gasteiger partial charge in [-0.1, -0.05) is 30.3 Å². The first-order valence-corrected chi connectivity index (χ1v) is 18.0. The molecule has 9 rings (SSSR count). The summed E-state index contributed by atoms with van der Waals surface area (Å²) in [5, 5.41) is 0. The highest BCUT2D eigenvalue weighted by atomic mass is 19.2. The van der Waals surface area contributed by atoms with Crippen molar-refractivity contribution >= 4 is 45.3 Å². The molecule has 0 atom stereocenters. The minimum absolute atomic E-state index is 0.0737. The lowest BCUT2D eigenvalue weighted by Gasteiger charge is -2.16. The summed E-state index contributed by atoms with van der Waals surface area (Å²) in [6.07, 6.45) is 1.71. The number of nitrogens with zero attached hydrogens (tertiary/aromatic N) is 2. The molecule has 8 aromatic rings. The van der Waals surface area contributed by atoms with E-state index in [9.17, 15) is 22.0 Å². The summed E-state index contributed by atoms with van der Waals surface area (Å²) in [7, 11) is 0. The van der Waals surface area contributed by atoms with Crippen LogP contribution in [0.25, 0.3) is 78.6 Å². The van der Waals surface area contributed by atoms with E-state index in [0.717, 1.165) is 41.0 Å². The summed E-state index contributed by atoms with van der Waals surface area (Å²) in [6, 6.07) is 14.0. The van der Waals surface area contributed by atoms with Gasteiger partial charge in [-0.3, -0.25) is 0 Å². The average Bonchev–Trinajstić information content (AvgIpc) is 4.13. The summed E-state index contributed by atoms with van der Waals surface area (Å²) in [5.41, 5.74) is -10.9. The van der Waals surface area contributed by atoms with Crippen molar-refractivity contribution in [3.63, 3.8) is 0 Å². The van der Waals surface area contributed by atoms with Gasteiger partial charge in [-0.15, -0.1) is 0 Å². The molecule has 0 spiro atoms. The molecule has 4 aromatic carbocycles. The van der Waals surface area contributed by atoms with Crippen molar-refractivity contribution in [1.82, 2.24) is 19.5 Å². The molecule has 63 heavy (non-hydrogen) atoms. The van der Waals surface area contributed by atoms with Gasteiger partial charge >= 0.3 is 0 Å². The molecule has 1 aliphatic rings. The van der Waals surface area contributed by atoms with E-state index in [1.807, 2.05) is 0 Å². The number of rotatable bonds is 5. The summed E-state index contributed by atoms with van der Waals surface area (Å²) in [5.74, 6) is -36.5. The van der Waals surface area contributed by atoms with Crippen LogP contribution in [-0.4, -0.2) is 19.5 Å². The van der Waals surface area contributed by atoms with Gasteiger partial charge in [-0.25, -0.2) is 70.8 Å². The molecule has 5 heterocycles. The fourth-order valence-corrected chi connectivity index (χ4v) is 7.54. The number of hydrogen-bond donors (Lipinski definition) is 2. The highest BCUT2D eigenvalue weighted by molar-refractivity contribution is 6.00. The number of aromatic nitrogens is 4. The standard InChI is InChI=1S/C44H17F15N4/c45-30-27(31(46)37(52)42(57)36(30)51)24-18-8-6-16(60-18)17-7-9-20(61-17)25(28-32(47)38(53)43(58)39(54)33(28)48)22-12-13-23(63(22)14-15-4-2-1-3-5-15)26(21-11-10-19(24)62-21)29-34(49)40(55)44(59)41(56)35(29)50/h1-13,60-61H,14H2. The second-order valence-electron chi connectivity index (χ2n) is 13.9. The zero-order chi connectivity index (χ0) is 44.9. The maximum absolute atomic E-state index is 16.1. The number of benzene rings is 4. The third-order valence-electron chi connectivity index (χ3n) is 10.4. The lowest BCUT2D eigenvalue weighted by molar-refractivity contribution is 0.381. The normalized spacial score (nSPS) is 12.0. The van der Waals surface area contributed by atoms with Crippen LogP contribution in [0, 0.1) is 87.3 Å². The molecular weight excluding hydrogens is 869 g/mol. The molecule has 19 heteroatoms. The monoisotopic (exact) mass is 886 g/mol. The van der Waals surface area contributed by atoms with Crippen LogP contribution in [0.1, 0.15) is 17.0 Å². The van der Waals surface area contributed by atoms with Crippen molar-refractivity contribution in [1.29, 1.82) is 0 Å². The first-order valence-electron chi connectivity index (χ1n) is 18.0. The molecule has 2 N–H and O–H groups in total. The van der Waals surface area contributed by atoms with Crippen molar-refractivity contribution in [2.45, 2.75) is 6.54 Å². The summed E-state index contributed by atoms with van der Waals surface area (Å²) >= 11 is 0. The Bertz CT molecular complexity index is 3350. The molecular formula is C44H17F15N4. The van der Waals surface area contributed by atoms with Gasteiger partial charge in [0.15, 0.2) is 69.8 Å². The zero-order valence-corrected chi connectivity index (χ0v) is 30.8. The van der Waals surface area contributed by atoms with Crippen molar-refractivity contribution in [2.24, 2.45) is 0 Å². The molecule has 0 amide bonds. The Morgan fingerprint density at radius 2 is 0.667 bits per heavy atom. The Morgan fingerprint density at radius 1 is 0.333 bits per heavy atom. The van der Waals surface area contributed by atoms with Gasteiger partial charge in [0, 0.05) is 34.3 Å². The molecule has 1 aliphatic heterocycles. The molecule has 0 unspecified atom stereocenters. The van der Waals surface area contributed by atoms with E-state index in [0.29, 0.717) is 0 Å². The van der Waals surface area contributed by atoms with Gasteiger partial charge in [-0.2, -0.15) is 0 Å². The molecule has 0 radical (unpaired) electrons. The van der Waals surface area contributed by atoms with Crippen LogP contribution < -0.4 is 0 Å². The van der Waals surface area contributed by atoms with E-state index in [1.165, 1.54) is 36.4 Å². The van der Waals surface area contributed by atoms with E-state index in [2.05, 4.69) is 15.0 Å². The number of H-pyrrole nitrogens is 2. The second-order valence-corrected chi connectivity index (χ2v) is 13.9. The number of fused-ring (bicyclic) bond motifs is 9. The summed E-state index contributed by atoms with van der Waals surface area (Å²) < 4.78 is 230. The van der Waals surface area contributed by atoms with Gasteiger partial charge in [0.2, 0.25) is 17.5 Å². The van der Waals surface area contributed by atoms with E-state index in [1.54, 1.807) is 6.07 Å². The largest absolute Gasteiger partial charge is 0.353 e. The van der Waals surface area contributed by atoms with Crippen molar-refractivity contribution in [3.8, 4) is 33.4 Å². The van der Waals surface area contributed by atoms with E-state index in [4.69, 9.17) is 0 Å².